The van der Waals surface area contributed by atoms with Gasteiger partial charge in [0.1, 0.15) is 18.3 Å². The van der Waals surface area contributed by atoms with Crippen molar-refractivity contribution in [1.29, 1.82) is 0 Å². The van der Waals surface area contributed by atoms with Gasteiger partial charge in [-0.3, -0.25) is 13.9 Å². The fraction of sp³-hybridized carbons (Fsp3) is 0.375. The number of carbonyl (C=O) groups excluding carboxylic acids is 2. The van der Waals surface area contributed by atoms with Gasteiger partial charge in [0.25, 0.3) is 10.0 Å². The van der Waals surface area contributed by atoms with E-state index in [4.69, 9.17) is 4.74 Å². The van der Waals surface area contributed by atoms with Crippen LogP contribution in [0.3, 0.4) is 0 Å². The third-order valence-electron chi connectivity index (χ3n) is 7.40. The molecule has 3 aromatic rings. The Morgan fingerprint density at radius 2 is 1.54 bits per heavy atom. The van der Waals surface area contributed by atoms with E-state index in [0.717, 1.165) is 35.6 Å². The van der Waals surface area contributed by atoms with Gasteiger partial charge in [-0.2, -0.15) is 0 Å². The highest BCUT2D eigenvalue weighted by atomic mass is 32.2. The molecule has 0 aromatic heterocycles. The van der Waals surface area contributed by atoms with Crippen molar-refractivity contribution in [1.82, 2.24) is 10.2 Å². The minimum Gasteiger partial charge on any atom is -0.494 e. The van der Waals surface area contributed by atoms with Gasteiger partial charge < -0.3 is 15.0 Å². The largest absolute Gasteiger partial charge is 0.494 e. The topological polar surface area (TPSA) is 96.0 Å². The number of nitrogens with one attached hydrogen (secondary N) is 1. The van der Waals surface area contributed by atoms with Crippen molar-refractivity contribution in [2.45, 2.75) is 62.9 Å². The van der Waals surface area contributed by atoms with E-state index in [1.165, 1.54) is 17.0 Å². The molecule has 1 fully saturated rings. The van der Waals surface area contributed by atoms with Crippen molar-refractivity contribution in [2.24, 2.45) is 0 Å². The predicted molar refractivity (Wildman–Crippen MR) is 160 cm³/mol. The molecular weight excluding hydrogens is 538 g/mol. The van der Waals surface area contributed by atoms with Gasteiger partial charge in [-0.1, -0.05) is 61.4 Å². The molecule has 0 heterocycles. The highest BCUT2D eigenvalue weighted by molar-refractivity contribution is 7.92. The van der Waals surface area contributed by atoms with Crippen LogP contribution in [0, 0.1) is 0 Å². The lowest BCUT2D eigenvalue weighted by Crippen LogP contribution is -2.53. The van der Waals surface area contributed by atoms with Crippen molar-refractivity contribution < 1.29 is 22.7 Å². The first-order chi connectivity index (χ1) is 19.8. The van der Waals surface area contributed by atoms with E-state index in [9.17, 15) is 18.0 Å². The maximum Gasteiger partial charge on any atom is 0.264 e. The minimum absolute atomic E-state index is 0.0421. The second-order valence-corrected chi connectivity index (χ2v) is 12.1. The fourth-order valence-corrected chi connectivity index (χ4v) is 6.50. The molecule has 9 heteroatoms. The van der Waals surface area contributed by atoms with E-state index < -0.39 is 28.5 Å². The Hall–Kier alpha value is -3.85. The van der Waals surface area contributed by atoms with Crippen LogP contribution in [-0.4, -0.2) is 56.9 Å². The number of nitrogens with zero attached hydrogens (tertiary/aromatic N) is 2. The molecule has 2 amide bonds. The highest BCUT2D eigenvalue weighted by Crippen LogP contribution is 2.26. The predicted octanol–water partition coefficient (Wildman–Crippen LogP) is 4.80. The molecular formula is C32H39N3O5S. The number of para-hydroxylation sites is 1. The van der Waals surface area contributed by atoms with Crippen LogP contribution < -0.4 is 14.4 Å². The first-order valence-electron chi connectivity index (χ1n) is 14.2. The first kappa shape index (κ1) is 30.1. The minimum atomic E-state index is -4.12. The second-order valence-electron chi connectivity index (χ2n) is 10.2. The zero-order valence-corrected chi connectivity index (χ0v) is 24.6. The number of rotatable bonds is 13. The number of hydrogen-bond acceptors (Lipinski definition) is 5. The molecule has 0 unspecified atom stereocenters. The molecule has 4 rings (SSSR count). The van der Waals surface area contributed by atoms with E-state index >= 15 is 0 Å². The summed E-state index contributed by atoms with van der Waals surface area (Å²) in [5, 5.41) is 3.09. The molecule has 1 aliphatic rings. The molecule has 8 nitrogen and oxygen atoms in total. The van der Waals surface area contributed by atoms with E-state index in [1.54, 1.807) is 49.4 Å². The van der Waals surface area contributed by atoms with E-state index in [-0.39, 0.29) is 23.4 Å². The number of ether oxygens (including phenoxy) is 1. The Morgan fingerprint density at radius 1 is 0.927 bits per heavy atom. The summed E-state index contributed by atoms with van der Waals surface area (Å²) in [7, 11) is -4.12. The van der Waals surface area contributed by atoms with Crippen molar-refractivity contribution in [3.05, 3.63) is 90.5 Å². The summed E-state index contributed by atoms with van der Waals surface area (Å²) in [6, 6.07) is 23.8. The van der Waals surface area contributed by atoms with E-state index in [1.807, 2.05) is 37.3 Å². The summed E-state index contributed by atoms with van der Waals surface area (Å²) in [5.41, 5.74) is 1.39. The lowest BCUT2D eigenvalue weighted by Gasteiger charge is -2.32. The van der Waals surface area contributed by atoms with Crippen LogP contribution in [-0.2, 0) is 26.0 Å². The molecule has 0 spiro atoms. The molecule has 41 heavy (non-hydrogen) atoms. The molecule has 1 aliphatic carbocycles. The molecule has 0 bridgehead atoms. The van der Waals surface area contributed by atoms with Crippen molar-refractivity contribution in [2.75, 3.05) is 24.0 Å². The molecule has 0 radical (unpaired) electrons. The molecule has 1 atom stereocenters. The van der Waals surface area contributed by atoms with Crippen molar-refractivity contribution >= 4 is 27.5 Å². The fourth-order valence-electron chi connectivity index (χ4n) is 5.09. The summed E-state index contributed by atoms with van der Waals surface area (Å²) in [6.07, 6.45) is 4.54. The Balaban J connectivity index is 1.61. The normalized spacial score (nSPS) is 14.3. The number of anilines is 1. The second kappa shape index (κ2) is 14.2. The number of carbonyl (C=O) groups is 2. The lowest BCUT2D eigenvalue weighted by molar-refractivity contribution is -0.139. The van der Waals surface area contributed by atoms with Gasteiger partial charge in [0.05, 0.1) is 17.2 Å². The van der Waals surface area contributed by atoms with Crippen LogP contribution in [0.2, 0.25) is 0 Å². The first-order valence-corrected chi connectivity index (χ1v) is 15.7. The maximum atomic E-state index is 14.0. The zero-order chi connectivity index (χ0) is 29.2. The average molecular weight is 578 g/mol. The van der Waals surface area contributed by atoms with Crippen LogP contribution in [0.15, 0.2) is 89.8 Å². The monoisotopic (exact) mass is 577 g/mol. The van der Waals surface area contributed by atoms with Crippen LogP contribution >= 0.6 is 0 Å². The van der Waals surface area contributed by atoms with Gasteiger partial charge in [0.15, 0.2) is 0 Å². The summed E-state index contributed by atoms with van der Waals surface area (Å²) in [5.74, 6) is -0.115. The van der Waals surface area contributed by atoms with Crippen molar-refractivity contribution in [3.8, 4) is 5.75 Å². The van der Waals surface area contributed by atoms with E-state index in [2.05, 4.69) is 5.32 Å². The van der Waals surface area contributed by atoms with Crippen LogP contribution in [0.25, 0.3) is 0 Å². The molecule has 0 aliphatic heterocycles. The Bertz CT molecular complexity index is 1380. The molecule has 1 saturated carbocycles. The number of hydrogen-bond donors (Lipinski definition) is 1. The SMILES string of the molecule is CCOc1ccc(S(=O)(=O)N(CC(=O)N(CCc2ccccc2)[C@@H](C)C(=O)NC2CCCC2)c2ccccc2)cc1. The Kier molecular flexibility index (Phi) is 10.4. The average Bonchev–Trinajstić information content (AvgIpc) is 3.50. The number of sulfonamides is 1. The lowest BCUT2D eigenvalue weighted by atomic mass is 10.1. The van der Waals surface area contributed by atoms with E-state index in [0.29, 0.717) is 24.5 Å². The Morgan fingerprint density at radius 3 is 2.15 bits per heavy atom. The van der Waals surface area contributed by atoms with Gasteiger partial charge in [0, 0.05) is 12.6 Å². The maximum absolute atomic E-state index is 14.0. The zero-order valence-electron chi connectivity index (χ0n) is 23.7. The summed E-state index contributed by atoms with van der Waals surface area (Å²) < 4.78 is 34.4. The van der Waals surface area contributed by atoms with Gasteiger partial charge in [-0.15, -0.1) is 0 Å². The number of benzene rings is 3. The van der Waals surface area contributed by atoms with Crippen LogP contribution in [0.5, 0.6) is 5.75 Å². The standard InChI is InChI=1S/C32H39N3O5S/c1-3-40-29-18-20-30(21-19-29)41(38,39)35(28-16-8-5-9-17-28)24-31(36)34(23-22-26-12-6-4-7-13-26)25(2)32(37)33-27-14-10-11-15-27/h4-9,12-13,16-21,25,27H,3,10-11,14-15,22-24H2,1-2H3,(H,33,37)/t25-/m0/s1. The quantitative estimate of drug-likeness (QED) is 0.315. The Labute approximate surface area is 243 Å². The third-order valence-corrected chi connectivity index (χ3v) is 9.19. The summed E-state index contributed by atoms with van der Waals surface area (Å²) >= 11 is 0. The van der Waals surface area contributed by atoms with Gasteiger partial charge in [-0.25, -0.2) is 8.42 Å². The summed E-state index contributed by atoms with van der Waals surface area (Å²) in [4.78, 5) is 28.8. The molecule has 0 saturated heterocycles. The van der Waals surface area contributed by atoms with Gasteiger partial charge in [0.2, 0.25) is 11.8 Å². The molecule has 1 N–H and O–H groups in total. The van der Waals surface area contributed by atoms with Gasteiger partial charge in [-0.05, 0) is 75.1 Å². The molecule has 218 valence electrons. The smallest absolute Gasteiger partial charge is 0.264 e. The van der Waals surface area contributed by atoms with Crippen molar-refractivity contribution in [3.63, 3.8) is 0 Å². The third kappa shape index (κ3) is 7.88. The van der Waals surface area contributed by atoms with Crippen LogP contribution in [0.1, 0.15) is 45.1 Å². The van der Waals surface area contributed by atoms with Crippen LogP contribution in [0.4, 0.5) is 5.69 Å². The van der Waals surface area contributed by atoms with Gasteiger partial charge >= 0.3 is 0 Å². The highest BCUT2D eigenvalue weighted by Gasteiger charge is 2.33. The summed E-state index contributed by atoms with van der Waals surface area (Å²) in [6.45, 7) is 3.85. The molecule has 3 aromatic carbocycles. The number of amides is 2.